The van der Waals surface area contributed by atoms with Crippen molar-refractivity contribution in [2.24, 2.45) is 5.92 Å². The SMILES string of the molecule is COc1cc(-c2cccc(-c3cccc4c3cnn4Cc3cc(N)c(CN(C)[C@H]4CC[C@H](C(=O)O)CC4)cc3Cl)c2Cl)cc(F)c1CNC[C@@H]1CCC(=O)N1. The fraction of sp³-hybridized carbons (Fsp3) is 0.357. The third kappa shape index (κ3) is 8.30. The Morgan fingerprint density at radius 3 is 2.53 bits per heavy atom. The molecule has 1 saturated carbocycles. The molecule has 0 radical (unpaired) electrons. The number of ether oxygens (including phenoxy) is 1. The van der Waals surface area contributed by atoms with Crippen molar-refractivity contribution in [3.8, 4) is 28.0 Å². The molecule has 1 aliphatic heterocycles. The summed E-state index contributed by atoms with van der Waals surface area (Å²) >= 11 is 14.0. The van der Waals surface area contributed by atoms with Crippen molar-refractivity contribution in [2.45, 2.75) is 70.2 Å². The fourth-order valence-corrected chi connectivity index (χ4v) is 8.59. The molecule has 2 heterocycles. The average molecular weight is 788 g/mol. The molecule has 4 aromatic carbocycles. The number of carbonyl (C=O) groups excluding carboxylic acids is 1. The number of carboxylic acids is 1. The quantitative estimate of drug-likeness (QED) is 0.0886. The maximum atomic E-state index is 15.7. The summed E-state index contributed by atoms with van der Waals surface area (Å²) in [4.78, 5) is 25.2. The molecule has 1 aromatic heterocycles. The minimum absolute atomic E-state index is 0.0329. The molecule has 2 aliphatic rings. The fourth-order valence-electron chi connectivity index (χ4n) is 8.01. The van der Waals surface area contributed by atoms with Crippen molar-refractivity contribution < 1.29 is 23.8 Å². The summed E-state index contributed by atoms with van der Waals surface area (Å²) in [6.07, 6.45) is 6.13. The minimum atomic E-state index is -0.706. The standard InChI is InChI=1S/C42H45Cl2FN6O4/c1-50(29-12-9-24(10-13-29)42(53)54)22-27-15-35(43)26(17-37(27)46)23-51-38-8-4-6-31(33(38)21-48-51)32-7-3-5-30(41(32)44)25-16-36(45)34(39(18-25)55-2)20-47-19-28-11-14-40(52)49-28/h3-8,15-18,21,24,28-29,47H,9-14,19-20,22-23,46H2,1-2H3,(H,49,52)(H,53,54)/t24-,28-,29-/m0/s1. The highest BCUT2D eigenvalue weighted by Gasteiger charge is 2.28. The van der Waals surface area contributed by atoms with Gasteiger partial charge in [0.25, 0.3) is 0 Å². The van der Waals surface area contributed by atoms with Gasteiger partial charge in [-0.3, -0.25) is 19.2 Å². The number of nitrogens with one attached hydrogen (secondary N) is 2. The molecule has 1 aliphatic carbocycles. The molecule has 0 spiro atoms. The number of nitrogen functional groups attached to an aromatic ring is 1. The summed E-state index contributed by atoms with van der Waals surface area (Å²) in [7, 11) is 3.57. The van der Waals surface area contributed by atoms with Gasteiger partial charge < -0.3 is 26.2 Å². The lowest BCUT2D eigenvalue weighted by Gasteiger charge is -2.33. The van der Waals surface area contributed by atoms with Gasteiger partial charge in [0.1, 0.15) is 11.6 Å². The summed E-state index contributed by atoms with van der Waals surface area (Å²) in [5.74, 6) is -0.934. The molecule has 0 bridgehead atoms. The second-order valence-electron chi connectivity index (χ2n) is 14.7. The van der Waals surface area contributed by atoms with Crippen LogP contribution in [-0.4, -0.2) is 64.4 Å². The van der Waals surface area contributed by atoms with Crippen LogP contribution in [0.4, 0.5) is 10.1 Å². The molecule has 10 nitrogen and oxygen atoms in total. The number of carbonyl (C=O) groups is 2. The molecular weight excluding hydrogens is 742 g/mol. The second kappa shape index (κ2) is 16.6. The Morgan fingerprint density at radius 1 is 1.05 bits per heavy atom. The van der Waals surface area contributed by atoms with Gasteiger partial charge in [0.15, 0.2) is 0 Å². The molecule has 55 heavy (non-hydrogen) atoms. The number of fused-ring (bicyclic) bond motifs is 1. The number of anilines is 1. The number of hydrogen-bond donors (Lipinski definition) is 4. The molecule has 5 aromatic rings. The summed E-state index contributed by atoms with van der Waals surface area (Å²) in [5.41, 5.74) is 13.2. The number of aromatic nitrogens is 2. The van der Waals surface area contributed by atoms with Crippen LogP contribution in [0.2, 0.25) is 10.0 Å². The van der Waals surface area contributed by atoms with Crippen LogP contribution in [0.5, 0.6) is 5.75 Å². The van der Waals surface area contributed by atoms with E-state index >= 15 is 4.39 Å². The Kier molecular flexibility index (Phi) is 11.6. The van der Waals surface area contributed by atoms with E-state index in [9.17, 15) is 14.7 Å². The maximum absolute atomic E-state index is 15.7. The van der Waals surface area contributed by atoms with E-state index in [4.69, 9.17) is 38.8 Å². The van der Waals surface area contributed by atoms with E-state index in [0.29, 0.717) is 83.1 Å². The van der Waals surface area contributed by atoms with E-state index in [1.807, 2.05) is 59.4 Å². The van der Waals surface area contributed by atoms with Crippen LogP contribution in [0.15, 0.2) is 66.9 Å². The summed E-state index contributed by atoms with van der Waals surface area (Å²) < 4.78 is 23.2. The number of aliphatic carboxylic acids is 1. The van der Waals surface area contributed by atoms with E-state index < -0.39 is 11.8 Å². The highest BCUT2D eigenvalue weighted by atomic mass is 35.5. The zero-order chi connectivity index (χ0) is 38.8. The maximum Gasteiger partial charge on any atom is 0.306 e. The Bertz CT molecular complexity index is 2240. The zero-order valence-corrected chi connectivity index (χ0v) is 32.4. The lowest BCUT2D eigenvalue weighted by Crippen LogP contribution is -2.36. The number of nitrogens with two attached hydrogens (primary N) is 1. The van der Waals surface area contributed by atoms with E-state index in [-0.39, 0.29) is 24.4 Å². The van der Waals surface area contributed by atoms with Gasteiger partial charge in [-0.05, 0) is 91.7 Å². The minimum Gasteiger partial charge on any atom is -0.496 e. The molecule has 1 saturated heterocycles. The molecular formula is C42H45Cl2FN6O4. The smallest absolute Gasteiger partial charge is 0.306 e. The first-order valence-corrected chi connectivity index (χ1v) is 19.4. The predicted octanol–water partition coefficient (Wildman–Crippen LogP) is 7.90. The van der Waals surface area contributed by atoms with E-state index in [0.717, 1.165) is 52.4 Å². The van der Waals surface area contributed by atoms with Crippen molar-refractivity contribution in [3.05, 3.63) is 99.4 Å². The second-order valence-corrected chi connectivity index (χ2v) is 15.5. The topological polar surface area (TPSA) is 135 Å². The third-order valence-corrected chi connectivity index (χ3v) is 11.9. The number of halogens is 3. The third-order valence-electron chi connectivity index (χ3n) is 11.2. The van der Waals surface area contributed by atoms with Crippen molar-refractivity contribution >= 4 is 51.7 Å². The molecule has 2 fully saturated rings. The Labute approximate surface area is 329 Å². The first kappa shape index (κ1) is 38.6. The van der Waals surface area contributed by atoms with Gasteiger partial charge in [-0.1, -0.05) is 53.5 Å². The number of methoxy groups -OCH3 is 1. The first-order chi connectivity index (χ1) is 26.5. The van der Waals surface area contributed by atoms with Crippen molar-refractivity contribution in [2.75, 3.05) is 26.4 Å². The highest BCUT2D eigenvalue weighted by molar-refractivity contribution is 6.36. The zero-order valence-electron chi connectivity index (χ0n) is 30.9. The van der Waals surface area contributed by atoms with Crippen LogP contribution in [0.25, 0.3) is 33.2 Å². The molecule has 5 N–H and O–H groups in total. The summed E-state index contributed by atoms with van der Waals surface area (Å²) in [6, 6.07) is 19.1. The summed E-state index contributed by atoms with van der Waals surface area (Å²) in [5, 5.41) is 22.2. The van der Waals surface area contributed by atoms with Gasteiger partial charge in [-0.25, -0.2) is 4.39 Å². The van der Waals surface area contributed by atoms with Crippen LogP contribution in [-0.2, 0) is 29.2 Å². The van der Waals surface area contributed by atoms with Crippen molar-refractivity contribution in [1.29, 1.82) is 0 Å². The number of rotatable bonds is 13. The van der Waals surface area contributed by atoms with E-state index in [2.05, 4.69) is 22.6 Å². The number of amides is 1. The number of benzene rings is 4. The van der Waals surface area contributed by atoms with E-state index in [1.165, 1.54) is 13.2 Å². The largest absolute Gasteiger partial charge is 0.496 e. The van der Waals surface area contributed by atoms with E-state index in [1.54, 1.807) is 6.07 Å². The predicted molar refractivity (Wildman–Crippen MR) is 215 cm³/mol. The lowest BCUT2D eigenvalue weighted by molar-refractivity contribution is -0.143. The normalized spacial score (nSPS) is 18.6. The number of carboxylic acid groups (broad SMARTS) is 1. The average Bonchev–Trinajstić information content (AvgIpc) is 3.79. The Morgan fingerprint density at radius 2 is 1.80 bits per heavy atom. The first-order valence-electron chi connectivity index (χ1n) is 18.6. The lowest BCUT2D eigenvalue weighted by atomic mass is 9.85. The Hall–Kier alpha value is -4.68. The molecule has 1 amide bonds. The van der Waals surface area contributed by atoms with Gasteiger partial charge >= 0.3 is 5.97 Å². The van der Waals surface area contributed by atoms with Crippen LogP contribution < -0.4 is 21.1 Å². The molecule has 13 heteroatoms. The van der Waals surface area contributed by atoms with Gasteiger partial charge in [0.05, 0.1) is 36.3 Å². The summed E-state index contributed by atoms with van der Waals surface area (Å²) in [6.45, 7) is 1.80. The molecule has 7 rings (SSSR count). The van der Waals surface area contributed by atoms with Crippen LogP contribution in [0.1, 0.15) is 55.2 Å². The van der Waals surface area contributed by atoms with Crippen LogP contribution in [0.3, 0.4) is 0 Å². The number of hydrogen-bond acceptors (Lipinski definition) is 7. The molecule has 288 valence electrons. The van der Waals surface area contributed by atoms with Gasteiger partial charge in [0.2, 0.25) is 5.91 Å². The van der Waals surface area contributed by atoms with Gasteiger partial charge in [0, 0.05) is 70.9 Å². The van der Waals surface area contributed by atoms with Crippen LogP contribution in [0, 0.1) is 11.7 Å². The van der Waals surface area contributed by atoms with Crippen LogP contribution >= 0.6 is 23.2 Å². The monoisotopic (exact) mass is 786 g/mol. The molecule has 0 unspecified atom stereocenters. The Balaban J connectivity index is 1.09. The highest BCUT2D eigenvalue weighted by Crippen LogP contribution is 2.41. The van der Waals surface area contributed by atoms with Gasteiger partial charge in [-0.15, -0.1) is 0 Å². The number of nitrogens with zero attached hydrogens (tertiary/aromatic N) is 3. The van der Waals surface area contributed by atoms with Gasteiger partial charge in [-0.2, -0.15) is 5.10 Å². The van der Waals surface area contributed by atoms with Crippen molar-refractivity contribution in [3.63, 3.8) is 0 Å². The molecule has 1 atom stereocenters. The van der Waals surface area contributed by atoms with Crippen molar-refractivity contribution in [1.82, 2.24) is 25.3 Å².